The smallest absolute Gasteiger partial charge is 0.268 e. The first-order chi connectivity index (χ1) is 14.2. The van der Waals surface area contributed by atoms with E-state index in [0.29, 0.717) is 18.8 Å². The Morgan fingerprint density at radius 3 is 2.69 bits per heavy atom. The lowest BCUT2D eigenvalue weighted by Gasteiger charge is -2.12. The summed E-state index contributed by atoms with van der Waals surface area (Å²) in [6.07, 6.45) is 0. The van der Waals surface area contributed by atoms with Gasteiger partial charge in [-0.05, 0) is 47.7 Å². The second-order valence-electron chi connectivity index (χ2n) is 7.14. The Balaban J connectivity index is 1.38. The van der Waals surface area contributed by atoms with Crippen LogP contribution in [0.2, 0.25) is 0 Å². The van der Waals surface area contributed by atoms with E-state index in [2.05, 4.69) is 52.5 Å². The Morgan fingerprint density at radius 1 is 1.03 bits per heavy atom. The van der Waals surface area contributed by atoms with Gasteiger partial charge < -0.3 is 19.4 Å². The first kappa shape index (κ1) is 17.8. The number of hydrogen-bond donors (Lipinski definition) is 1. The molecule has 0 spiro atoms. The summed E-state index contributed by atoms with van der Waals surface area (Å²) in [6, 6.07) is 18.2. The Labute approximate surface area is 172 Å². The number of aryl methyl sites for hydroxylation is 1. The highest BCUT2D eigenvalue weighted by atomic mass is 32.1. The molecule has 2 aromatic heterocycles. The highest BCUT2D eigenvalue weighted by Gasteiger charge is 2.18. The van der Waals surface area contributed by atoms with E-state index in [0.717, 1.165) is 27.3 Å². The van der Waals surface area contributed by atoms with Gasteiger partial charge in [-0.2, -0.15) is 0 Å². The van der Waals surface area contributed by atoms with Crippen LogP contribution in [-0.2, 0) is 13.1 Å². The van der Waals surface area contributed by atoms with Crippen LogP contribution in [0.3, 0.4) is 0 Å². The van der Waals surface area contributed by atoms with Crippen LogP contribution in [0.15, 0.2) is 60.0 Å². The third-order valence-corrected chi connectivity index (χ3v) is 5.96. The normalized spacial score (nSPS) is 12.4. The van der Waals surface area contributed by atoms with Crippen molar-refractivity contribution in [2.75, 3.05) is 6.79 Å². The standard InChI is InChI=1S/C23H20N2O3S/c1-15-2-4-16(5-3-15)13-25-18-8-9-29-22(18)11-19(25)23(26)24-12-17-6-7-20-21(10-17)28-14-27-20/h2-11H,12-14H2,1H3,(H,24,26). The molecule has 0 atom stereocenters. The highest BCUT2D eigenvalue weighted by Crippen LogP contribution is 2.32. The number of carbonyl (C=O) groups is 1. The molecule has 1 aliphatic heterocycles. The number of nitrogens with one attached hydrogen (secondary N) is 1. The van der Waals surface area contributed by atoms with Gasteiger partial charge in [-0.15, -0.1) is 11.3 Å². The van der Waals surface area contributed by atoms with Crippen molar-refractivity contribution < 1.29 is 14.3 Å². The van der Waals surface area contributed by atoms with Crippen LogP contribution in [0.25, 0.3) is 10.2 Å². The third kappa shape index (κ3) is 3.47. The molecule has 146 valence electrons. The summed E-state index contributed by atoms with van der Waals surface area (Å²) < 4.78 is 14.0. The molecule has 0 radical (unpaired) electrons. The second kappa shape index (κ2) is 7.29. The van der Waals surface area contributed by atoms with E-state index < -0.39 is 0 Å². The van der Waals surface area contributed by atoms with Crippen molar-refractivity contribution in [2.45, 2.75) is 20.0 Å². The quantitative estimate of drug-likeness (QED) is 0.524. The maximum absolute atomic E-state index is 13.0. The van der Waals surface area contributed by atoms with Crippen molar-refractivity contribution in [3.63, 3.8) is 0 Å². The second-order valence-corrected chi connectivity index (χ2v) is 8.09. The fraction of sp³-hybridized carbons (Fsp3) is 0.174. The van der Waals surface area contributed by atoms with Crippen LogP contribution in [0.1, 0.15) is 27.2 Å². The summed E-state index contributed by atoms with van der Waals surface area (Å²) >= 11 is 1.65. The van der Waals surface area contributed by atoms with Crippen LogP contribution in [0, 0.1) is 6.92 Å². The number of benzene rings is 2. The molecule has 5 nitrogen and oxygen atoms in total. The van der Waals surface area contributed by atoms with Crippen LogP contribution in [-0.4, -0.2) is 17.3 Å². The summed E-state index contributed by atoms with van der Waals surface area (Å²) in [7, 11) is 0. The number of aromatic nitrogens is 1. The molecule has 0 bridgehead atoms. The minimum absolute atomic E-state index is 0.0850. The van der Waals surface area contributed by atoms with E-state index in [1.165, 1.54) is 11.1 Å². The van der Waals surface area contributed by atoms with E-state index in [9.17, 15) is 4.79 Å². The largest absolute Gasteiger partial charge is 0.454 e. The van der Waals surface area contributed by atoms with Crippen molar-refractivity contribution in [2.24, 2.45) is 0 Å². The number of hydrogen-bond acceptors (Lipinski definition) is 4. The SMILES string of the molecule is Cc1ccc(Cn2c(C(=O)NCc3ccc4c(c3)OCO4)cc3sccc32)cc1. The lowest BCUT2D eigenvalue weighted by Crippen LogP contribution is -2.25. The lowest BCUT2D eigenvalue weighted by molar-refractivity contribution is 0.0942. The molecule has 2 aromatic carbocycles. The molecular formula is C23H20N2O3S. The summed E-state index contributed by atoms with van der Waals surface area (Å²) in [5.74, 6) is 1.38. The predicted octanol–water partition coefficient (Wildman–Crippen LogP) is 4.72. The molecule has 29 heavy (non-hydrogen) atoms. The maximum Gasteiger partial charge on any atom is 0.268 e. The Bertz CT molecular complexity index is 1190. The van der Waals surface area contributed by atoms with Crippen molar-refractivity contribution in [1.29, 1.82) is 0 Å². The summed E-state index contributed by atoms with van der Waals surface area (Å²) in [4.78, 5) is 13.0. The van der Waals surface area contributed by atoms with E-state index >= 15 is 0 Å². The van der Waals surface area contributed by atoms with Gasteiger partial charge in [0, 0.05) is 13.1 Å². The number of amides is 1. The molecule has 0 aliphatic carbocycles. The van der Waals surface area contributed by atoms with Gasteiger partial charge >= 0.3 is 0 Å². The van der Waals surface area contributed by atoms with Crippen molar-refractivity contribution in [3.05, 3.63) is 82.4 Å². The van der Waals surface area contributed by atoms with Gasteiger partial charge in [-0.25, -0.2) is 0 Å². The molecule has 0 fully saturated rings. The van der Waals surface area contributed by atoms with Gasteiger partial charge in [0.05, 0.1) is 10.2 Å². The number of ether oxygens (including phenoxy) is 2. The average molecular weight is 404 g/mol. The molecule has 0 saturated heterocycles. The molecule has 6 heteroatoms. The summed E-state index contributed by atoms with van der Waals surface area (Å²) in [6.45, 7) is 3.41. The highest BCUT2D eigenvalue weighted by molar-refractivity contribution is 7.17. The van der Waals surface area contributed by atoms with Gasteiger partial charge in [0.2, 0.25) is 6.79 Å². The molecule has 1 N–H and O–H groups in total. The Kier molecular flexibility index (Phi) is 4.48. The van der Waals surface area contributed by atoms with E-state index in [1.54, 1.807) is 11.3 Å². The average Bonchev–Trinajstić information content (AvgIpc) is 3.44. The molecule has 3 heterocycles. The zero-order chi connectivity index (χ0) is 19.8. The molecule has 1 aliphatic rings. The van der Waals surface area contributed by atoms with Crippen molar-refractivity contribution >= 4 is 27.5 Å². The van der Waals surface area contributed by atoms with Gasteiger partial charge in [0.15, 0.2) is 11.5 Å². The van der Waals surface area contributed by atoms with E-state index in [-0.39, 0.29) is 12.7 Å². The molecular weight excluding hydrogens is 384 g/mol. The first-order valence-corrected chi connectivity index (χ1v) is 10.3. The number of nitrogens with zero attached hydrogens (tertiary/aromatic N) is 1. The molecule has 1 amide bonds. The molecule has 0 unspecified atom stereocenters. The summed E-state index contributed by atoms with van der Waals surface area (Å²) in [5, 5.41) is 5.10. The Morgan fingerprint density at radius 2 is 1.83 bits per heavy atom. The van der Waals surface area contributed by atoms with Gasteiger partial charge in [-0.1, -0.05) is 35.9 Å². The van der Waals surface area contributed by atoms with Crippen LogP contribution in [0.4, 0.5) is 0 Å². The van der Waals surface area contributed by atoms with Crippen LogP contribution < -0.4 is 14.8 Å². The first-order valence-electron chi connectivity index (χ1n) is 9.46. The van der Waals surface area contributed by atoms with Gasteiger partial charge in [0.1, 0.15) is 5.69 Å². The molecule has 4 aromatic rings. The minimum atomic E-state index is -0.0850. The maximum atomic E-state index is 13.0. The van der Waals surface area contributed by atoms with Crippen molar-refractivity contribution in [1.82, 2.24) is 9.88 Å². The van der Waals surface area contributed by atoms with Crippen LogP contribution >= 0.6 is 11.3 Å². The van der Waals surface area contributed by atoms with Crippen molar-refractivity contribution in [3.8, 4) is 11.5 Å². The fourth-order valence-corrected chi connectivity index (χ4v) is 4.36. The molecule has 5 rings (SSSR count). The lowest BCUT2D eigenvalue weighted by atomic mass is 10.1. The monoisotopic (exact) mass is 404 g/mol. The molecule has 0 saturated carbocycles. The van der Waals surface area contributed by atoms with Crippen LogP contribution in [0.5, 0.6) is 11.5 Å². The summed E-state index contributed by atoms with van der Waals surface area (Å²) in [5.41, 5.74) is 5.13. The zero-order valence-electron chi connectivity index (χ0n) is 16.0. The minimum Gasteiger partial charge on any atom is -0.454 e. The van der Waals surface area contributed by atoms with Gasteiger partial charge in [-0.3, -0.25) is 4.79 Å². The zero-order valence-corrected chi connectivity index (χ0v) is 16.8. The predicted molar refractivity (Wildman–Crippen MR) is 114 cm³/mol. The van der Waals surface area contributed by atoms with E-state index in [4.69, 9.17) is 9.47 Å². The van der Waals surface area contributed by atoms with E-state index in [1.807, 2.05) is 24.3 Å². The number of fused-ring (bicyclic) bond motifs is 2. The Hall–Kier alpha value is -3.25. The number of thiophene rings is 1. The topological polar surface area (TPSA) is 52.5 Å². The number of carbonyl (C=O) groups excluding carboxylic acids is 1. The van der Waals surface area contributed by atoms with Gasteiger partial charge in [0.25, 0.3) is 5.91 Å². The number of rotatable bonds is 5. The fourth-order valence-electron chi connectivity index (χ4n) is 3.54. The third-order valence-electron chi connectivity index (χ3n) is 5.11.